The van der Waals surface area contributed by atoms with Gasteiger partial charge in [-0.25, -0.2) is 9.18 Å². The van der Waals surface area contributed by atoms with Gasteiger partial charge in [-0.15, -0.1) is 0 Å². The zero-order valence-electron chi connectivity index (χ0n) is 17.5. The van der Waals surface area contributed by atoms with Crippen LogP contribution in [-0.4, -0.2) is 47.6 Å². The van der Waals surface area contributed by atoms with Crippen LogP contribution in [0.1, 0.15) is 24.0 Å². The highest BCUT2D eigenvalue weighted by Crippen LogP contribution is 2.31. The van der Waals surface area contributed by atoms with Crippen molar-refractivity contribution in [2.75, 3.05) is 11.6 Å². The number of aliphatic carboxylic acids is 1. The fourth-order valence-corrected chi connectivity index (χ4v) is 3.72. The molecule has 2 unspecified atom stereocenters. The molecule has 0 aliphatic carbocycles. The lowest BCUT2D eigenvalue weighted by Crippen LogP contribution is -2.55. The van der Waals surface area contributed by atoms with Gasteiger partial charge in [0.15, 0.2) is 5.78 Å². The van der Waals surface area contributed by atoms with Crippen LogP contribution < -0.4 is 10.2 Å². The standard InChI is InChI=1S/C23H22ClFN2O6/c24-16-8-5-14(6-9-16)13-33-23(32)27-18-4-2-1-3-15(18)7-10-19(27)22(31)26-17(11-21(29)30)20(28)12-25/h1-6,8-9,17,19H,7,10-13H2,(H,26,31)(H,29,30). The summed E-state index contributed by atoms with van der Waals surface area (Å²) in [6, 6.07) is 11.1. The molecule has 2 amide bonds. The van der Waals surface area contributed by atoms with E-state index in [0.29, 0.717) is 22.7 Å². The number of carboxylic acid groups (broad SMARTS) is 1. The van der Waals surface area contributed by atoms with Gasteiger partial charge in [0.2, 0.25) is 5.91 Å². The number of nitrogens with one attached hydrogen (secondary N) is 1. The average Bonchev–Trinajstić information content (AvgIpc) is 2.81. The molecule has 0 fully saturated rings. The van der Waals surface area contributed by atoms with Gasteiger partial charge in [-0.3, -0.25) is 19.3 Å². The molecule has 1 heterocycles. The molecule has 8 nitrogen and oxygen atoms in total. The Bertz CT molecular complexity index is 1050. The Morgan fingerprint density at radius 2 is 1.85 bits per heavy atom. The second-order valence-corrected chi connectivity index (χ2v) is 7.93. The van der Waals surface area contributed by atoms with Gasteiger partial charge in [0, 0.05) is 5.02 Å². The van der Waals surface area contributed by atoms with Gasteiger partial charge >= 0.3 is 12.1 Å². The molecule has 2 N–H and O–H groups in total. The quantitative estimate of drug-likeness (QED) is 0.604. The van der Waals surface area contributed by atoms with Crippen molar-refractivity contribution >= 4 is 41.0 Å². The number of nitrogens with zero attached hydrogens (tertiary/aromatic N) is 1. The summed E-state index contributed by atoms with van der Waals surface area (Å²) in [6.45, 7) is -1.48. The average molecular weight is 477 g/mol. The number of ether oxygens (including phenoxy) is 1. The molecule has 3 rings (SSSR count). The lowest BCUT2D eigenvalue weighted by Gasteiger charge is -2.36. The van der Waals surface area contributed by atoms with Crippen LogP contribution in [0, 0.1) is 0 Å². The Kier molecular flexibility index (Phi) is 8.00. The monoisotopic (exact) mass is 476 g/mol. The number of ketones is 1. The number of hydrogen-bond acceptors (Lipinski definition) is 5. The highest BCUT2D eigenvalue weighted by atomic mass is 35.5. The summed E-state index contributed by atoms with van der Waals surface area (Å²) < 4.78 is 18.3. The number of para-hydroxylation sites is 1. The summed E-state index contributed by atoms with van der Waals surface area (Å²) >= 11 is 5.87. The summed E-state index contributed by atoms with van der Waals surface area (Å²) in [5.74, 6) is -3.19. The summed E-state index contributed by atoms with van der Waals surface area (Å²) in [5, 5.41) is 11.8. The minimum Gasteiger partial charge on any atom is -0.481 e. The zero-order chi connectivity index (χ0) is 24.0. The molecular formula is C23H22ClFN2O6. The van der Waals surface area contributed by atoms with Gasteiger partial charge in [-0.1, -0.05) is 41.9 Å². The van der Waals surface area contributed by atoms with Crippen molar-refractivity contribution in [3.05, 3.63) is 64.7 Å². The number of benzene rings is 2. The second kappa shape index (κ2) is 10.9. The minimum absolute atomic E-state index is 0.0645. The van der Waals surface area contributed by atoms with Crippen LogP contribution in [0.25, 0.3) is 0 Å². The molecule has 2 aromatic carbocycles. The molecule has 0 spiro atoms. The molecule has 0 aromatic heterocycles. The molecule has 33 heavy (non-hydrogen) atoms. The fraction of sp³-hybridized carbons (Fsp3) is 0.304. The van der Waals surface area contributed by atoms with Crippen LogP contribution in [0.2, 0.25) is 5.02 Å². The molecule has 0 saturated heterocycles. The summed E-state index contributed by atoms with van der Waals surface area (Å²) in [4.78, 5) is 50.1. The van der Waals surface area contributed by atoms with Gasteiger partial charge < -0.3 is 15.2 Å². The molecule has 174 valence electrons. The third kappa shape index (κ3) is 6.07. The summed E-state index contributed by atoms with van der Waals surface area (Å²) in [5.41, 5.74) is 1.98. The number of alkyl halides is 1. The third-order valence-electron chi connectivity index (χ3n) is 5.24. The topological polar surface area (TPSA) is 113 Å². The lowest BCUT2D eigenvalue weighted by atomic mass is 9.95. The maximum atomic E-state index is 13.0. The molecule has 0 bridgehead atoms. The largest absolute Gasteiger partial charge is 0.481 e. The zero-order valence-corrected chi connectivity index (χ0v) is 18.3. The van der Waals surface area contributed by atoms with Crippen molar-refractivity contribution in [2.45, 2.75) is 38.0 Å². The van der Waals surface area contributed by atoms with Crippen LogP contribution in [0.3, 0.4) is 0 Å². The van der Waals surface area contributed by atoms with Crippen LogP contribution in [-0.2, 0) is 32.1 Å². The Morgan fingerprint density at radius 1 is 1.15 bits per heavy atom. The number of anilines is 1. The Hall–Kier alpha value is -3.46. The van der Waals surface area contributed by atoms with Crippen molar-refractivity contribution < 1.29 is 33.4 Å². The van der Waals surface area contributed by atoms with Gasteiger partial charge in [-0.05, 0) is 42.2 Å². The number of hydrogen-bond donors (Lipinski definition) is 2. The predicted octanol–water partition coefficient (Wildman–Crippen LogP) is 3.30. The van der Waals surface area contributed by atoms with Crippen LogP contribution >= 0.6 is 11.6 Å². The SMILES string of the molecule is O=C(O)CC(NC(=O)C1CCc2ccccc2N1C(=O)OCc1ccc(Cl)cc1)C(=O)CF. The van der Waals surface area contributed by atoms with Crippen LogP contribution in [0.15, 0.2) is 48.5 Å². The third-order valence-corrected chi connectivity index (χ3v) is 5.49. The molecule has 1 aliphatic rings. The second-order valence-electron chi connectivity index (χ2n) is 7.49. The number of Topliss-reactive ketones (excluding diaryl/α,β-unsaturated/α-hetero) is 1. The smallest absolute Gasteiger partial charge is 0.415 e. The number of carbonyl (C=O) groups excluding carboxylic acids is 3. The molecule has 0 radical (unpaired) electrons. The number of halogens is 2. The van der Waals surface area contributed by atoms with E-state index in [-0.39, 0.29) is 13.0 Å². The number of rotatable bonds is 8. The number of amides is 2. The highest BCUT2D eigenvalue weighted by Gasteiger charge is 2.38. The molecule has 10 heteroatoms. The highest BCUT2D eigenvalue weighted by molar-refractivity contribution is 6.30. The van der Waals surface area contributed by atoms with E-state index in [4.69, 9.17) is 21.4 Å². The Balaban J connectivity index is 1.82. The first-order valence-corrected chi connectivity index (χ1v) is 10.6. The molecule has 1 aliphatic heterocycles. The van der Waals surface area contributed by atoms with Gasteiger partial charge in [0.05, 0.1) is 12.1 Å². The number of carboxylic acids is 1. The van der Waals surface area contributed by atoms with E-state index >= 15 is 0 Å². The van der Waals surface area contributed by atoms with Gasteiger partial charge in [-0.2, -0.15) is 0 Å². The van der Waals surface area contributed by atoms with Crippen molar-refractivity contribution in [1.29, 1.82) is 0 Å². The van der Waals surface area contributed by atoms with Gasteiger partial charge in [0.25, 0.3) is 0 Å². The minimum atomic E-state index is -1.54. The fourth-order valence-electron chi connectivity index (χ4n) is 3.60. The maximum absolute atomic E-state index is 13.0. The maximum Gasteiger partial charge on any atom is 0.415 e. The van der Waals surface area contributed by atoms with E-state index in [9.17, 15) is 23.6 Å². The van der Waals surface area contributed by atoms with E-state index < -0.39 is 48.9 Å². The Morgan fingerprint density at radius 3 is 2.52 bits per heavy atom. The van der Waals surface area contributed by atoms with E-state index in [1.54, 1.807) is 42.5 Å². The first kappa shape index (κ1) is 24.2. The first-order valence-electron chi connectivity index (χ1n) is 10.2. The molecular weight excluding hydrogens is 455 g/mol. The van der Waals surface area contributed by atoms with E-state index in [1.165, 1.54) is 4.90 Å². The van der Waals surface area contributed by atoms with Crippen molar-refractivity contribution in [2.24, 2.45) is 0 Å². The molecule has 0 saturated carbocycles. The van der Waals surface area contributed by atoms with Crippen molar-refractivity contribution in [3.63, 3.8) is 0 Å². The molecule has 2 aromatic rings. The van der Waals surface area contributed by atoms with Crippen molar-refractivity contribution in [1.82, 2.24) is 5.32 Å². The predicted molar refractivity (Wildman–Crippen MR) is 118 cm³/mol. The number of aryl methyl sites for hydroxylation is 1. The number of fused-ring (bicyclic) bond motifs is 1. The normalized spacial score (nSPS) is 15.8. The summed E-state index contributed by atoms with van der Waals surface area (Å²) in [6.07, 6.45) is -0.874. The van der Waals surface area contributed by atoms with E-state index in [1.807, 2.05) is 6.07 Å². The first-order chi connectivity index (χ1) is 15.8. The van der Waals surface area contributed by atoms with E-state index in [2.05, 4.69) is 5.32 Å². The van der Waals surface area contributed by atoms with E-state index in [0.717, 1.165) is 5.56 Å². The Labute approximate surface area is 194 Å². The van der Waals surface area contributed by atoms with Crippen LogP contribution in [0.5, 0.6) is 0 Å². The van der Waals surface area contributed by atoms with Crippen molar-refractivity contribution in [3.8, 4) is 0 Å². The van der Waals surface area contributed by atoms with Crippen LogP contribution in [0.4, 0.5) is 14.9 Å². The van der Waals surface area contributed by atoms with Gasteiger partial charge in [0.1, 0.15) is 25.4 Å². The number of carbonyl (C=O) groups is 4. The molecule has 2 atom stereocenters. The lowest BCUT2D eigenvalue weighted by molar-refractivity contribution is -0.140. The summed E-state index contributed by atoms with van der Waals surface area (Å²) in [7, 11) is 0.